The van der Waals surface area contributed by atoms with Gasteiger partial charge in [-0.1, -0.05) is 12.1 Å². The third kappa shape index (κ3) is 3.45. The molecule has 0 aliphatic carbocycles. The summed E-state index contributed by atoms with van der Waals surface area (Å²) in [7, 11) is -1.02. The summed E-state index contributed by atoms with van der Waals surface area (Å²) in [4.78, 5) is 24.0. The summed E-state index contributed by atoms with van der Waals surface area (Å²) in [5.74, 6) is 0.281. The molecule has 1 aromatic carbocycles. The minimum Gasteiger partial charge on any atom is -0.318 e. The quantitative estimate of drug-likeness (QED) is 0.641. The van der Waals surface area contributed by atoms with Crippen LogP contribution in [0.1, 0.15) is 18.7 Å². The van der Waals surface area contributed by atoms with Crippen molar-refractivity contribution in [2.24, 2.45) is 0 Å². The first kappa shape index (κ1) is 15.6. The van der Waals surface area contributed by atoms with Gasteiger partial charge in [0.2, 0.25) is 5.91 Å². The number of nitro benzene ring substituents is 1. The molecule has 1 aliphatic rings. The Labute approximate surface area is 124 Å². The Morgan fingerprint density at radius 2 is 2.29 bits per heavy atom. The fourth-order valence-electron chi connectivity index (χ4n) is 2.52. The first-order valence-electron chi connectivity index (χ1n) is 6.49. The summed E-state index contributed by atoms with van der Waals surface area (Å²) < 4.78 is 11.4. The highest BCUT2D eigenvalue weighted by Crippen LogP contribution is 2.27. The lowest BCUT2D eigenvalue weighted by Gasteiger charge is -2.30. The van der Waals surface area contributed by atoms with Gasteiger partial charge < -0.3 is 4.90 Å². The summed E-state index contributed by atoms with van der Waals surface area (Å²) in [5.41, 5.74) is 0.643. The molecule has 0 spiro atoms. The minimum atomic E-state index is -1.02. The first-order chi connectivity index (χ1) is 9.90. The lowest BCUT2D eigenvalue weighted by Crippen LogP contribution is -2.40. The molecule has 3 atom stereocenters. The first-order valence-corrected chi connectivity index (χ1v) is 8.22. The number of amides is 1. The molecule has 3 unspecified atom stereocenters. The number of nitrogens with one attached hydrogen (secondary N) is 1. The Hall–Kier alpha value is -1.80. The van der Waals surface area contributed by atoms with Gasteiger partial charge in [0.25, 0.3) is 5.69 Å². The lowest BCUT2D eigenvalue weighted by molar-refractivity contribution is -0.385. The highest BCUT2D eigenvalue weighted by molar-refractivity contribution is 7.84. The van der Waals surface area contributed by atoms with Gasteiger partial charge in [0.1, 0.15) is 6.17 Å². The maximum atomic E-state index is 12.0. The van der Waals surface area contributed by atoms with Gasteiger partial charge in [-0.05, 0) is 12.5 Å². The molecule has 0 aromatic heterocycles. The Kier molecular flexibility index (Phi) is 4.69. The van der Waals surface area contributed by atoms with E-state index in [2.05, 4.69) is 5.32 Å². The zero-order valence-corrected chi connectivity index (χ0v) is 12.6. The van der Waals surface area contributed by atoms with Gasteiger partial charge in [-0.15, -0.1) is 0 Å². The van der Waals surface area contributed by atoms with Crippen molar-refractivity contribution in [2.75, 3.05) is 18.6 Å². The van der Waals surface area contributed by atoms with Crippen LogP contribution in [0.5, 0.6) is 0 Å². The van der Waals surface area contributed by atoms with E-state index in [9.17, 15) is 19.1 Å². The number of carbonyl (C=O) groups excluding carboxylic acids is 1. The van der Waals surface area contributed by atoms with Crippen LogP contribution < -0.4 is 5.32 Å². The molecule has 7 nitrogen and oxygen atoms in total. The number of benzene rings is 1. The molecule has 0 saturated carbocycles. The molecule has 2 rings (SSSR count). The normalized spacial score (nSPS) is 21.3. The lowest BCUT2D eigenvalue weighted by atomic mass is 10.1. The molecular weight excluding hydrogens is 294 g/mol. The molecule has 1 heterocycles. The van der Waals surface area contributed by atoms with Crippen molar-refractivity contribution in [2.45, 2.75) is 19.1 Å². The molecule has 114 valence electrons. The highest BCUT2D eigenvalue weighted by Gasteiger charge is 2.35. The molecular formula is C13H17N3O4S. The molecule has 1 fully saturated rings. The minimum absolute atomic E-state index is 0.0136. The highest BCUT2D eigenvalue weighted by atomic mass is 32.2. The third-order valence-corrected chi connectivity index (χ3v) is 4.31. The molecule has 0 bridgehead atoms. The molecule has 0 radical (unpaired) electrons. The van der Waals surface area contributed by atoms with Crippen LogP contribution in [0.2, 0.25) is 0 Å². The number of hydrogen-bond acceptors (Lipinski definition) is 5. The third-order valence-electron chi connectivity index (χ3n) is 3.36. The second-order valence-electron chi connectivity index (χ2n) is 5.03. The van der Waals surface area contributed by atoms with E-state index in [1.807, 2.05) is 6.92 Å². The van der Waals surface area contributed by atoms with E-state index in [1.165, 1.54) is 12.1 Å². The van der Waals surface area contributed by atoms with E-state index in [1.54, 1.807) is 23.3 Å². The summed E-state index contributed by atoms with van der Waals surface area (Å²) in [6.45, 7) is 2.00. The van der Waals surface area contributed by atoms with Crippen LogP contribution in [0, 0.1) is 10.1 Å². The van der Waals surface area contributed by atoms with Crippen LogP contribution >= 0.6 is 0 Å². The predicted molar refractivity (Wildman–Crippen MR) is 79.1 cm³/mol. The molecule has 1 amide bonds. The maximum Gasteiger partial charge on any atom is 0.269 e. The Bertz CT molecular complexity index is 593. The van der Waals surface area contributed by atoms with Crippen molar-refractivity contribution in [1.29, 1.82) is 0 Å². The number of nitro groups is 1. The average molecular weight is 311 g/mol. The zero-order chi connectivity index (χ0) is 15.6. The molecule has 1 aliphatic heterocycles. The van der Waals surface area contributed by atoms with E-state index in [0.29, 0.717) is 11.3 Å². The van der Waals surface area contributed by atoms with Crippen molar-refractivity contribution < 1.29 is 13.9 Å². The van der Waals surface area contributed by atoms with E-state index < -0.39 is 21.9 Å². The van der Waals surface area contributed by atoms with Crippen molar-refractivity contribution in [3.8, 4) is 0 Å². The number of hydrogen-bond donors (Lipinski definition) is 1. The number of carbonyl (C=O) groups is 1. The van der Waals surface area contributed by atoms with Gasteiger partial charge >= 0.3 is 0 Å². The SMILES string of the molecule is CC(CS(C)=O)N1C(=O)CNC1c1cccc([N+](=O)[O-])c1. The van der Waals surface area contributed by atoms with Gasteiger partial charge in [0.15, 0.2) is 0 Å². The van der Waals surface area contributed by atoms with Crippen molar-refractivity contribution >= 4 is 22.4 Å². The molecule has 1 aromatic rings. The van der Waals surface area contributed by atoms with Crippen LogP contribution in [0.3, 0.4) is 0 Å². The summed E-state index contributed by atoms with van der Waals surface area (Å²) in [6, 6.07) is 6.00. The fraction of sp³-hybridized carbons (Fsp3) is 0.462. The number of nitrogens with zero attached hydrogens (tertiary/aromatic N) is 2. The predicted octanol–water partition coefficient (Wildman–Crippen LogP) is 0.792. The van der Waals surface area contributed by atoms with Gasteiger partial charge in [-0.3, -0.25) is 24.4 Å². The molecule has 1 saturated heterocycles. The summed E-state index contributed by atoms with van der Waals surface area (Å²) in [6.07, 6.45) is 1.17. The van der Waals surface area contributed by atoms with Crippen molar-refractivity contribution in [1.82, 2.24) is 10.2 Å². The summed E-state index contributed by atoms with van der Waals surface area (Å²) >= 11 is 0. The van der Waals surface area contributed by atoms with E-state index in [-0.39, 0.29) is 24.2 Å². The number of rotatable bonds is 5. The monoisotopic (exact) mass is 311 g/mol. The Morgan fingerprint density at radius 3 is 2.90 bits per heavy atom. The van der Waals surface area contributed by atoms with Crippen LogP contribution in [-0.4, -0.2) is 44.5 Å². The van der Waals surface area contributed by atoms with Crippen molar-refractivity contribution in [3.63, 3.8) is 0 Å². The van der Waals surface area contributed by atoms with Crippen LogP contribution in [0.15, 0.2) is 24.3 Å². The average Bonchev–Trinajstić information content (AvgIpc) is 2.80. The summed E-state index contributed by atoms with van der Waals surface area (Å²) in [5, 5.41) is 13.9. The second-order valence-corrected chi connectivity index (χ2v) is 6.51. The Balaban J connectivity index is 2.29. The smallest absolute Gasteiger partial charge is 0.269 e. The van der Waals surface area contributed by atoms with E-state index in [0.717, 1.165) is 0 Å². The molecule has 8 heteroatoms. The van der Waals surface area contributed by atoms with Gasteiger partial charge in [0.05, 0.1) is 11.5 Å². The van der Waals surface area contributed by atoms with Gasteiger partial charge in [0, 0.05) is 41.0 Å². The Morgan fingerprint density at radius 1 is 1.57 bits per heavy atom. The van der Waals surface area contributed by atoms with Crippen LogP contribution in [0.25, 0.3) is 0 Å². The topological polar surface area (TPSA) is 92.6 Å². The van der Waals surface area contributed by atoms with E-state index >= 15 is 0 Å². The fourth-order valence-corrected chi connectivity index (χ4v) is 3.36. The van der Waals surface area contributed by atoms with Gasteiger partial charge in [-0.25, -0.2) is 0 Å². The van der Waals surface area contributed by atoms with Crippen molar-refractivity contribution in [3.05, 3.63) is 39.9 Å². The number of non-ortho nitro benzene ring substituents is 1. The van der Waals surface area contributed by atoms with Crippen LogP contribution in [0.4, 0.5) is 5.69 Å². The largest absolute Gasteiger partial charge is 0.318 e. The zero-order valence-electron chi connectivity index (χ0n) is 11.8. The standard InChI is InChI=1S/C13H17N3O4S/c1-9(8-21(2)20)15-12(17)7-14-13(15)10-4-3-5-11(6-10)16(18)19/h3-6,9,13-14H,7-8H2,1-2H3. The van der Waals surface area contributed by atoms with E-state index in [4.69, 9.17) is 0 Å². The second kappa shape index (κ2) is 6.31. The maximum absolute atomic E-state index is 12.0. The molecule has 1 N–H and O–H groups in total. The van der Waals surface area contributed by atoms with Gasteiger partial charge in [-0.2, -0.15) is 0 Å². The molecule has 21 heavy (non-hydrogen) atoms. The van der Waals surface area contributed by atoms with Crippen LogP contribution in [-0.2, 0) is 15.6 Å².